The molecule has 0 bridgehead atoms. The number of piperidine rings is 1. The van der Waals surface area contributed by atoms with Crippen molar-refractivity contribution in [2.45, 2.75) is 31.3 Å². The van der Waals surface area contributed by atoms with Gasteiger partial charge in [-0.15, -0.1) is 0 Å². The molecule has 2 aromatic rings. The molecule has 0 N–H and O–H groups in total. The fourth-order valence-electron chi connectivity index (χ4n) is 4.72. The van der Waals surface area contributed by atoms with Gasteiger partial charge in [0, 0.05) is 48.9 Å². The van der Waals surface area contributed by atoms with Gasteiger partial charge in [0.1, 0.15) is 9.84 Å². The van der Waals surface area contributed by atoms with Crippen molar-refractivity contribution in [1.82, 2.24) is 14.7 Å². The number of amides is 1. The van der Waals surface area contributed by atoms with E-state index in [2.05, 4.69) is 10.00 Å². The Bertz CT molecular complexity index is 1090. The van der Waals surface area contributed by atoms with Gasteiger partial charge in [-0.3, -0.25) is 14.4 Å². The minimum Gasteiger partial charge on any atom is -0.383 e. The van der Waals surface area contributed by atoms with Crippen LogP contribution in [0.25, 0.3) is 0 Å². The Balaban J connectivity index is 1.44. The summed E-state index contributed by atoms with van der Waals surface area (Å²) in [6.45, 7) is 3.65. The number of ether oxygens (including phenoxy) is 1. The predicted molar refractivity (Wildman–Crippen MR) is 124 cm³/mol. The number of benzene rings is 1. The molecule has 174 valence electrons. The van der Waals surface area contributed by atoms with Crippen LogP contribution in [-0.2, 0) is 37.9 Å². The zero-order valence-electron chi connectivity index (χ0n) is 18.5. The Hall–Kier alpha value is -1.94. The molecule has 2 aliphatic rings. The van der Waals surface area contributed by atoms with E-state index in [4.69, 9.17) is 16.3 Å². The number of methoxy groups -OCH3 is 1. The molecular weight excluding hydrogens is 452 g/mol. The van der Waals surface area contributed by atoms with Crippen molar-refractivity contribution < 1.29 is 17.9 Å². The van der Waals surface area contributed by atoms with E-state index in [1.54, 1.807) is 18.0 Å². The highest BCUT2D eigenvalue weighted by Gasteiger charge is 2.51. The Morgan fingerprint density at radius 2 is 1.97 bits per heavy atom. The maximum Gasteiger partial charge on any atom is 0.237 e. The van der Waals surface area contributed by atoms with Gasteiger partial charge in [0.2, 0.25) is 5.91 Å². The molecule has 32 heavy (non-hydrogen) atoms. The average Bonchev–Trinajstić information content (AvgIpc) is 3.28. The fourth-order valence-corrected chi connectivity index (χ4v) is 5.41. The first-order valence-corrected chi connectivity index (χ1v) is 13.2. The van der Waals surface area contributed by atoms with Gasteiger partial charge in [0.05, 0.1) is 30.5 Å². The highest BCUT2D eigenvalue weighted by atomic mass is 35.5. The number of aromatic nitrogens is 2. The van der Waals surface area contributed by atoms with Crippen LogP contribution >= 0.6 is 11.6 Å². The summed E-state index contributed by atoms with van der Waals surface area (Å²) in [6.07, 6.45) is 6.37. The number of anilines is 1. The Morgan fingerprint density at radius 3 is 2.66 bits per heavy atom. The van der Waals surface area contributed by atoms with Crippen molar-refractivity contribution in [2.24, 2.45) is 0 Å². The largest absolute Gasteiger partial charge is 0.383 e. The molecular formula is C22H29ClN4O4S. The highest BCUT2D eigenvalue weighted by molar-refractivity contribution is 7.90. The van der Waals surface area contributed by atoms with Crippen LogP contribution in [0.3, 0.4) is 0 Å². The van der Waals surface area contributed by atoms with Crippen LogP contribution in [0.1, 0.15) is 24.0 Å². The van der Waals surface area contributed by atoms with Crippen LogP contribution in [-0.4, -0.2) is 74.4 Å². The van der Waals surface area contributed by atoms with Crippen molar-refractivity contribution in [3.8, 4) is 0 Å². The lowest BCUT2D eigenvalue weighted by Gasteiger charge is -2.38. The standard InChI is InChI=1S/C22H29ClN4O4S/c1-31-11-9-27-20-4-3-18(23)13-19(20)22(21(27)28)5-7-25(8-6-22)15-17-14-24-26(16-17)10-12-32(2,29)30/h3-4,13-14,16H,5-12,15H2,1-2H3. The number of nitrogens with zero attached hydrogens (tertiary/aromatic N) is 4. The zero-order chi connectivity index (χ0) is 22.9. The molecule has 1 spiro atoms. The Labute approximate surface area is 194 Å². The lowest BCUT2D eigenvalue weighted by Crippen LogP contribution is -2.49. The van der Waals surface area contributed by atoms with Gasteiger partial charge in [0.15, 0.2) is 0 Å². The second-order valence-corrected chi connectivity index (χ2v) is 11.4. The van der Waals surface area contributed by atoms with E-state index in [9.17, 15) is 13.2 Å². The van der Waals surface area contributed by atoms with Crippen molar-refractivity contribution in [1.29, 1.82) is 0 Å². The van der Waals surface area contributed by atoms with Crippen LogP contribution < -0.4 is 4.90 Å². The van der Waals surface area contributed by atoms with E-state index in [-0.39, 0.29) is 11.7 Å². The summed E-state index contributed by atoms with van der Waals surface area (Å²) in [7, 11) is -1.38. The van der Waals surface area contributed by atoms with Gasteiger partial charge in [0.25, 0.3) is 0 Å². The molecule has 0 aliphatic carbocycles. The van der Waals surface area contributed by atoms with Crippen molar-refractivity contribution in [3.05, 3.63) is 46.7 Å². The van der Waals surface area contributed by atoms with Crippen LogP contribution in [0.4, 0.5) is 5.69 Å². The van der Waals surface area contributed by atoms with Crippen LogP contribution in [0.5, 0.6) is 0 Å². The molecule has 0 unspecified atom stereocenters. The van der Waals surface area contributed by atoms with Gasteiger partial charge in [-0.25, -0.2) is 8.42 Å². The predicted octanol–water partition coefficient (Wildman–Crippen LogP) is 2.11. The summed E-state index contributed by atoms with van der Waals surface area (Å²) < 4.78 is 29.6. The second-order valence-electron chi connectivity index (χ2n) is 8.71. The zero-order valence-corrected chi connectivity index (χ0v) is 20.0. The number of hydrogen-bond donors (Lipinski definition) is 0. The maximum absolute atomic E-state index is 13.5. The van der Waals surface area contributed by atoms with Crippen LogP contribution in [0, 0.1) is 0 Å². The van der Waals surface area contributed by atoms with Crippen molar-refractivity contribution in [3.63, 3.8) is 0 Å². The molecule has 2 aliphatic heterocycles. The van der Waals surface area contributed by atoms with E-state index in [0.717, 1.165) is 49.3 Å². The summed E-state index contributed by atoms with van der Waals surface area (Å²) in [5.41, 5.74) is 2.47. The molecule has 3 heterocycles. The molecule has 1 fully saturated rings. The van der Waals surface area contributed by atoms with Gasteiger partial charge >= 0.3 is 0 Å². The maximum atomic E-state index is 13.5. The number of sulfone groups is 1. The molecule has 8 nitrogen and oxygen atoms in total. The molecule has 1 aromatic carbocycles. The Kier molecular flexibility index (Phi) is 6.63. The molecule has 10 heteroatoms. The first-order chi connectivity index (χ1) is 15.2. The number of carbonyl (C=O) groups excluding carboxylic acids is 1. The monoisotopic (exact) mass is 480 g/mol. The number of rotatable bonds is 8. The van der Waals surface area contributed by atoms with Crippen LogP contribution in [0.15, 0.2) is 30.6 Å². The first kappa shape index (κ1) is 23.2. The first-order valence-electron chi connectivity index (χ1n) is 10.7. The summed E-state index contributed by atoms with van der Waals surface area (Å²) in [4.78, 5) is 17.7. The number of likely N-dealkylation sites (tertiary alicyclic amines) is 1. The van der Waals surface area contributed by atoms with Gasteiger partial charge < -0.3 is 9.64 Å². The van der Waals surface area contributed by atoms with Gasteiger partial charge in [-0.05, 0) is 49.7 Å². The lowest BCUT2D eigenvalue weighted by atomic mass is 9.73. The lowest BCUT2D eigenvalue weighted by molar-refractivity contribution is -0.125. The number of hydrogen-bond acceptors (Lipinski definition) is 6. The van der Waals surface area contributed by atoms with Crippen molar-refractivity contribution in [2.75, 3.05) is 50.3 Å². The van der Waals surface area contributed by atoms with Crippen LogP contribution in [0.2, 0.25) is 5.02 Å². The molecule has 0 saturated carbocycles. The summed E-state index contributed by atoms with van der Waals surface area (Å²) in [5, 5.41) is 4.93. The van der Waals surface area contributed by atoms with E-state index < -0.39 is 15.3 Å². The van der Waals surface area contributed by atoms with E-state index in [1.807, 2.05) is 29.3 Å². The van der Waals surface area contributed by atoms with Gasteiger partial charge in [-0.2, -0.15) is 5.10 Å². The third-order valence-electron chi connectivity index (χ3n) is 6.43. The summed E-state index contributed by atoms with van der Waals surface area (Å²) in [5.74, 6) is 0.212. The minimum atomic E-state index is -3.02. The minimum absolute atomic E-state index is 0.0734. The fraction of sp³-hybridized carbons (Fsp3) is 0.545. The third-order valence-corrected chi connectivity index (χ3v) is 7.59. The number of aryl methyl sites for hydroxylation is 1. The SMILES string of the molecule is COCCN1C(=O)C2(CCN(Cc3cnn(CCS(C)(=O)=O)c3)CC2)c2cc(Cl)ccc21. The summed E-state index contributed by atoms with van der Waals surface area (Å²) in [6, 6.07) is 5.73. The molecule has 1 aromatic heterocycles. The smallest absolute Gasteiger partial charge is 0.237 e. The topological polar surface area (TPSA) is 84.7 Å². The number of carbonyl (C=O) groups is 1. The normalized spacial score (nSPS) is 18.5. The highest BCUT2D eigenvalue weighted by Crippen LogP contribution is 2.48. The molecule has 0 radical (unpaired) electrons. The number of fused-ring (bicyclic) bond motifs is 2. The molecule has 0 atom stereocenters. The molecule has 1 saturated heterocycles. The summed E-state index contributed by atoms with van der Waals surface area (Å²) >= 11 is 6.31. The quantitative estimate of drug-likeness (QED) is 0.575. The van der Waals surface area contributed by atoms with E-state index >= 15 is 0 Å². The van der Waals surface area contributed by atoms with Crippen molar-refractivity contribution >= 4 is 33.0 Å². The molecule has 1 amide bonds. The van der Waals surface area contributed by atoms with Gasteiger partial charge in [-0.1, -0.05) is 11.6 Å². The molecule has 4 rings (SSSR count). The average molecular weight is 481 g/mol. The second kappa shape index (κ2) is 9.13. The number of halogens is 1. The third kappa shape index (κ3) is 4.71. The van der Waals surface area contributed by atoms with E-state index in [1.165, 1.54) is 6.26 Å². The van der Waals surface area contributed by atoms with E-state index in [0.29, 0.717) is 24.7 Å². The Morgan fingerprint density at radius 1 is 1.22 bits per heavy atom.